The molecule has 2 atom stereocenters. The van der Waals surface area contributed by atoms with Crippen LogP contribution in [0.1, 0.15) is 10.4 Å². The summed E-state index contributed by atoms with van der Waals surface area (Å²) in [5.74, 6) is -0.671. The van der Waals surface area contributed by atoms with Gasteiger partial charge >= 0.3 is 5.69 Å². The Labute approximate surface area is 132 Å². The lowest BCUT2D eigenvalue weighted by atomic mass is 10.1. The first-order chi connectivity index (χ1) is 9.50. The van der Waals surface area contributed by atoms with Gasteiger partial charge in [-0.25, -0.2) is 0 Å². The molecule has 0 saturated carbocycles. The zero-order chi connectivity index (χ0) is 14.7. The number of aliphatic hydroxyl groups is 1. The van der Waals surface area contributed by atoms with Crippen LogP contribution in [0.15, 0.2) is 18.2 Å². The maximum absolute atomic E-state index is 12.0. The molecule has 21 heavy (non-hydrogen) atoms. The van der Waals surface area contributed by atoms with Crippen LogP contribution in [0, 0.1) is 16.0 Å². The lowest BCUT2D eigenvalue weighted by Crippen LogP contribution is -2.34. The van der Waals surface area contributed by atoms with E-state index in [4.69, 9.17) is 11.6 Å². The van der Waals surface area contributed by atoms with E-state index in [9.17, 15) is 20.0 Å². The van der Waals surface area contributed by atoms with Gasteiger partial charge in [0, 0.05) is 25.6 Å². The molecule has 1 aromatic rings. The van der Waals surface area contributed by atoms with Gasteiger partial charge in [0.25, 0.3) is 5.91 Å². The molecule has 0 spiro atoms. The van der Waals surface area contributed by atoms with E-state index in [0.717, 1.165) is 0 Å². The lowest BCUT2D eigenvalue weighted by molar-refractivity contribution is -0.385. The van der Waals surface area contributed by atoms with Gasteiger partial charge in [0.2, 0.25) is 0 Å². The number of aliphatic hydroxyl groups excluding tert-OH is 1. The van der Waals surface area contributed by atoms with E-state index in [0.29, 0.717) is 13.1 Å². The van der Waals surface area contributed by atoms with E-state index < -0.39 is 22.6 Å². The zero-order valence-electron chi connectivity index (χ0n) is 10.9. The number of hydrogen-bond donors (Lipinski definition) is 3. The van der Waals surface area contributed by atoms with Gasteiger partial charge in [-0.1, -0.05) is 17.7 Å². The van der Waals surface area contributed by atoms with E-state index in [1.165, 1.54) is 18.2 Å². The van der Waals surface area contributed by atoms with Crippen LogP contribution < -0.4 is 10.6 Å². The van der Waals surface area contributed by atoms with Crippen LogP contribution in [0.25, 0.3) is 0 Å². The Morgan fingerprint density at radius 3 is 2.81 bits per heavy atom. The molecule has 116 valence electrons. The predicted octanol–water partition coefficient (Wildman–Crippen LogP) is 0.980. The standard InChI is InChI=1S/C12H14ClN3O4.ClH/c13-9-3-1-2-8(11(9)16(19)20)12(18)15-5-7-4-14-6-10(7)17;/h1-3,7,10,14,17H,4-6H2,(H,15,18);1H. The number of carbonyl (C=O) groups excluding carboxylic acids is 1. The number of β-amino-alcohol motifs (C(OH)–C–C–N with tert-alkyl or cyclic N) is 1. The molecular formula is C12H15Cl2N3O4. The first-order valence-electron chi connectivity index (χ1n) is 6.10. The Hall–Kier alpha value is -1.41. The number of nitrogens with zero attached hydrogens (tertiary/aromatic N) is 1. The summed E-state index contributed by atoms with van der Waals surface area (Å²) in [6.45, 7) is 1.33. The summed E-state index contributed by atoms with van der Waals surface area (Å²) < 4.78 is 0. The van der Waals surface area contributed by atoms with E-state index >= 15 is 0 Å². The van der Waals surface area contributed by atoms with Gasteiger partial charge < -0.3 is 15.7 Å². The van der Waals surface area contributed by atoms with Gasteiger partial charge in [-0.2, -0.15) is 0 Å². The summed E-state index contributed by atoms with van der Waals surface area (Å²) >= 11 is 5.75. The highest BCUT2D eigenvalue weighted by Gasteiger charge is 2.27. The van der Waals surface area contributed by atoms with Gasteiger partial charge in [-0.15, -0.1) is 12.4 Å². The van der Waals surface area contributed by atoms with Gasteiger partial charge in [-0.3, -0.25) is 14.9 Å². The van der Waals surface area contributed by atoms with E-state index in [1.54, 1.807) is 0 Å². The third kappa shape index (κ3) is 4.04. The van der Waals surface area contributed by atoms with Crippen molar-refractivity contribution in [2.45, 2.75) is 6.10 Å². The average molecular weight is 336 g/mol. The topological polar surface area (TPSA) is 104 Å². The molecular weight excluding hydrogens is 321 g/mol. The van der Waals surface area contributed by atoms with Crippen molar-refractivity contribution in [2.24, 2.45) is 5.92 Å². The second kappa shape index (κ2) is 7.56. The van der Waals surface area contributed by atoms with Crippen LogP contribution in [0.4, 0.5) is 5.69 Å². The Morgan fingerprint density at radius 2 is 2.24 bits per heavy atom. The average Bonchev–Trinajstić information content (AvgIpc) is 2.80. The fraction of sp³-hybridized carbons (Fsp3) is 0.417. The number of nitro benzene ring substituents is 1. The van der Waals surface area contributed by atoms with Crippen LogP contribution in [0.2, 0.25) is 5.02 Å². The third-order valence-electron chi connectivity index (χ3n) is 3.24. The number of hydrogen-bond acceptors (Lipinski definition) is 5. The monoisotopic (exact) mass is 335 g/mol. The van der Waals surface area contributed by atoms with E-state index in [1.807, 2.05) is 0 Å². The van der Waals surface area contributed by atoms with E-state index in [2.05, 4.69) is 10.6 Å². The second-order valence-electron chi connectivity index (χ2n) is 4.59. The minimum absolute atomic E-state index is 0. The maximum atomic E-state index is 12.0. The number of carbonyl (C=O) groups is 1. The molecule has 1 amide bonds. The van der Waals surface area contributed by atoms with E-state index in [-0.39, 0.29) is 35.5 Å². The molecule has 2 unspecified atom stereocenters. The number of halogens is 2. The molecule has 1 aliphatic rings. The predicted molar refractivity (Wildman–Crippen MR) is 80.1 cm³/mol. The molecule has 7 nitrogen and oxygen atoms in total. The number of para-hydroxylation sites is 1. The number of nitrogens with one attached hydrogen (secondary N) is 2. The molecule has 1 aromatic carbocycles. The highest BCUT2D eigenvalue weighted by atomic mass is 35.5. The number of amides is 1. The second-order valence-corrected chi connectivity index (χ2v) is 5.00. The van der Waals surface area contributed by atoms with Crippen LogP contribution >= 0.6 is 24.0 Å². The first kappa shape index (κ1) is 17.6. The van der Waals surface area contributed by atoms with Crippen molar-refractivity contribution in [3.05, 3.63) is 38.9 Å². The van der Waals surface area contributed by atoms with Crippen LogP contribution in [0.5, 0.6) is 0 Å². The summed E-state index contributed by atoms with van der Waals surface area (Å²) in [7, 11) is 0. The van der Waals surface area contributed by atoms with Crippen molar-refractivity contribution in [3.63, 3.8) is 0 Å². The summed E-state index contributed by atoms with van der Waals surface area (Å²) in [6, 6.07) is 4.19. The Bertz CT molecular complexity index is 541. The van der Waals surface area contributed by atoms with Crippen molar-refractivity contribution in [2.75, 3.05) is 19.6 Å². The van der Waals surface area contributed by atoms with Crippen molar-refractivity contribution in [1.29, 1.82) is 0 Å². The SMILES string of the molecule is Cl.O=C(NCC1CNCC1O)c1cccc(Cl)c1[N+](=O)[O-]. The molecule has 2 rings (SSSR count). The van der Waals surface area contributed by atoms with Gasteiger partial charge in [0.1, 0.15) is 10.6 Å². The number of benzene rings is 1. The smallest absolute Gasteiger partial charge is 0.300 e. The summed E-state index contributed by atoms with van der Waals surface area (Å²) in [5, 5.41) is 26.1. The van der Waals surface area contributed by atoms with Crippen molar-refractivity contribution < 1.29 is 14.8 Å². The fourth-order valence-corrected chi connectivity index (χ4v) is 2.37. The Kier molecular flexibility index (Phi) is 6.35. The molecule has 3 N–H and O–H groups in total. The molecule has 1 saturated heterocycles. The maximum Gasteiger partial charge on any atom is 0.300 e. The summed E-state index contributed by atoms with van der Waals surface area (Å²) in [5.41, 5.74) is -0.486. The van der Waals surface area contributed by atoms with Crippen molar-refractivity contribution >= 4 is 35.6 Å². The molecule has 9 heteroatoms. The molecule has 0 radical (unpaired) electrons. The Morgan fingerprint density at radius 1 is 1.52 bits per heavy atom. The fourth-order valence-electron chi connectivity index (χ4n) is 2.13. The lowest BCUT2D eigenvalue weighted by Gasteiger charge is -2.14. The first-order valence-corrected chi connectivity index (χ1v) is 6.48. The molecule has 0 aromatic heterocycles. The highest BCUT2D eigenvalue weighted by Crippen LogP contribution is 2.28. The number of rotatable bonds is 4. The molecule has 1 fully saturated rings. The minimum atomic E-state index is -0.677. The van der Waals surface area contributed by atoms with Crippen molar-refractivity contribution in [1.82, 2.24) is 10.6 Å². The molecule has 0 bridgehead atoms. The quantitative estimate of drug-likeness (QED) is 0.562. The molecule has 1 aliphatic heterocycles. The zero-order valence-corrected chi connectivity index (χ0v) is 12.5. The number of nitro groups is 1. The minimum Gasteiger partial charge on any atom is -0.391 e. The molecule has 1 heterocycles. The third-order valence-corrected chi connectivity index (χ3v) is 3.55. The summed E-state index contributed by atoms with van der Waals surface area (Å²) in [4.78, 5) is 22.3. The van der Waals surface area contributed by atoms with Crippen LogP contribution in [0.3, 0.4) is 0 Å². The Balaban J connectivity index is 0.00000220. The van der Waals surface area contributed by atoms with Gasteiger partial charge in [0.05, 0.1) is 11.0 Å². The summed E-state index contributed by atoms with van der Waals surface area (Å²) in [6.07, 6.45) is -0.523. The highest BCUT2D eigenvalue weighted by molar-refractivity contribution is 6.33. The van der Waals surface area contributed by atoms with Crippen LogP contribution in [-0.2, 0) is 0 Å². The van der Waals surface area contributed by atoms with Crippen LogP contribution in [-0.4, -0.2) is 41.7 Å². The van der Waals surface area contributed by atoms with Gasteiger partial charge in [-0.05, 0) is 12.1 Å². The largest absolute Gasteiger partial charge is 0.391 e. The van der Waals surface area contributed by atoms with Crippen molar-refractivity contribution in [3.8, 4) is 0 Å². The normalized spacial score (nSPS) is 20.7. The molecule has 0 aliphatic carbocycles. The van der Waals surface area contributed by atoms with Gasteiger partial charge in [0.15, 0.2) is 0 Å².